The Hall–Kier alpha value is -0.170. The van der Waals surface area contributed by atoms with Crippen LogP contribution in [0.4, 0.5) is 0 Å². The molecule has 1 atom stereocenters. The summed E-state index contributed by atoms with van der Waals surface area (Å²) in [6, 6.07) is 0.456. The minimum Gasteiger partial charge on any atom is -0.377 e. The number of hydrogen-bond donors (Lipinski definition) is 1. The zero-order chi connectivity index (χ0) is 15.0. The Labute approximate surface area is 124 Å². The molecule has 1 aliphatic rings. The molecule has 0 aromatic heterocycles. The van der Waals surface area contributed by atoms with Crippen LogP contribution in [0.5, 0.6) is 0 Å². The normalized spacial score (nSPS) is 20.8. The average molecular weight is 306 g/mol. The van der Waals surface area contributed by atoms with Crippen LogP contribution >= 0.6 is 0 Å². The molecule has 5 nitrogen and oxygen atoms in total. The zero-order valence-electron chi connectivity index (χ0n) is 13.1. The monoisotopic (exact) mass is 306 g/mol. The van der Waals surface area contributed by atoms with E-state index in [2.05, 4.69) is 19.2 Å². The summed E-state index contributed by atoms with van der Waals surface area (Å²) in [6.07, 6.45) is 4.88. The molecule has 20 heavy (non-hydrogen) atoms. The fourth-order valence-electron chi connectivity index (χ4n) is 2.31. The smallest absolute Gasteiger partial charge is 0.213 e. The van der Waals surface area contributed by atoms with Gasteiger partial charge in [0.15, 0.2) is 0 Å². The van der Waals surface area contributed by atoms with Crippen molar-refractivity contribution in [2.75, 3.05) is 32.5 Å². The molecule has 0 aliphatic carbocycles. The number of likely N-dealkylation sites (N-methyl/N-ethyl adjacent to an activating group) is 1. The fraction of sp³-hybridized carbons (Fsp3) is 1.00. The molecule has 1 aliphatic heterocycles. The van der Waals surface area contributed by atoms with Crippen molar-refractivity contribution < 1.29 is 13.2 Å². The highest BCUT2D eigenvalue weighted by Crippen LogP contribution is 2.15. The van der Waals surface area contributed by atoms with Gasteiger partial charge in [-0.15, -0.1) is 0 Å². The molecule has 0 aromatic carbocycles. The van der Waals surface area contributed by atoms with Crippen molar-refractivity contribution in [3.63, 3.8) is 0 Å². The number of unbranched alkanes of at least 4 members (excludes halogenated alkanes) is 1. The van der Waals surface area contributed by atoms with E-state index in [1.807, 2.05) is 0 Å². The lowest BCUT2D eigenvalue weighted by atomic mass is 10.1. The number of ether oxygens (including phenoxy) is 1. The largest absolute Gasteiger partial charge is 0.377 e. The molecule has 1 N–H and O–H groups in total. The third-order valence-electron chi connectivity index (χ3n) is 3.59. The zero-order valence-corrected chi connectivity index (χ0v) is 13.9. The second-order valence-electron chi connectivity index (χ2n) is 5.90. The van der Waals surface area contributed by atoms with Crippen LogP contribution in [0.2, 0.25) is 0 Å². The van der Waals surface area contributed by atoms with Gasteiger partial charge in [0.25, 0.3) is 0 Å². The average Bonchev–Trinajstić information content (AvgIpc) is 2.39. The van der Waals surface area contributed by atoms with E-state index < -0.39 is 10.0 Å². The maximum Gasteiger partial charge on any atom is 0.213 e. The molecular formula is C14H30N2O3S. The summed E-state index contributed by atoms with van der Waals surface area (Å²) in [4.78, 5) is 0. The van der Waals surface area contributed by atoms with E-state index in [1.165, 1.54) is 4.31 Å². The molecule has 0 spiro atoms. The molecule has 120 valence electrons. The summed E-state index contributed by atoms with van der Waals surface area (Å²) in [5.74, 6) is 0.232. The van der Waals surface area contributed by atoms with E-state index in [1.54, 1.807) is 7.05 Å². The molecule has 0 radical (unpaired) electrons. The minimum atomic E-state index is -3.13. The number of sulfonamides is 1. The van der Waals surface area contributed by atoms with Gasteiger partial charge in [-0.1, -0.05) is 13.8 Å². The van der Waals surface area contributed by atoms with E-state index in [9.17, 15) is 8.42 Å². The highest BCUT2D eigenvalue weighted by molar-refractivity contribution is 7.89. The van der Waals surface area contributed by atoms with E-state index >= 15 is 0 Å². The Morgan fingerprint density at radius 2 is 2.05 bits per heavy atom. The quantitative estimate of drug-likeness (QED) is 0.657. The van der Waals surface area contributed by atoms with E-state index in [0.29, 0.717) is 19.0 Å². The molecule has 1 saturated heterocycles. The fourth-order valence-corrected chi connectivity index (χ4v) is 3.58. The maximum absolute atomic E-state index is 12.2. The maximum atomic E-state index is 12.2. The van der Waals surface area contributed by atoms with Crippen LogP contribution in [0.15, 0.2) is 0 Å². The third-order valence-corrected chi connectivity index (χ3v) is 5.49. The highest BCUT2D eigenvalue weighted by Gasteiger charge is 2.23. The van der Waals surface area contributed by atoms with Gasteiger partial charge in [-0.2, -0.15) is 0 Å². The minimum absolute atomic E-state index is 0.0751. The molecule has 6 heteroatoms. The molecule has 0 amide bonds. The molecule has 1 unspecified atom stereocenters. The van der Waals surface area contributed by atoms with Gasteiger partial charge in [-0.05, 0) is 38.6 Å². The molecule has 0 saturated carbocycles. The molecule has 1 heterocycles. The van der Waals surface area contributed by atoms with Gasteiger partial charge < -0.3 is 10.1 Å². The van der Waals surface area contributed by atoms with Gasteiger partial charge in [0.1, 0.15) is 0 Å². The Morgan fingerprint density at radius 1 is 1.30 bits per heavy atom. The molecule has 1 rings (SSSR count). The topological polar surface area (TPSA) is 58.6 Å². The van der Waals surface area contributed by atoms with Gasteiger partial charge in [-0.3, -0.25) is 0 Å². The predicted molar refractivity (Wildman–Crippen MR) is 82.4 cm³/mol. The first-order valence-electron chi connectivity index (χ1n) is 7.71. The lowest BCUT2D eigenvalue weighted by molar-refractivity contribution is 0.00859. The van der Waals surface area contributed by atoms with Crippen molar-refractivity contribution in [1.82, 2.24) is 9.62 Å². The van der Waals surface area contributed by atoms with Crippen LogP contribution < -0.4 is 5.32 Å². The third kappa shape index (κ3) is 7.02. The Balaban J connectivity index is 2.24. The van der Waals surface area contributed by atoms with Crippen molar-refractivity contribution in [2.24, 2.45) is 0 Å². The summed E-state index contributed by atoms with van der Waals surface area (Å²) in [5, 5.41) is 3.30. The second kappa shape index (κ2) is 8.97. The number of rotatable bonds is 9. The Bertz CT molecular complexity index is 351. The summed E-state index contributed by atoms with van der Waals surface area (Å²) in [6.45, 7) is 6.32. The van der Waals surface area contributed by atoms with E-state index in [0.717, 1.165) is 38.8 Å². The lowest BCUT2D eigenvalue weighted by Crippen LogP contribution is -2.38. The van der Waals surface area contributed by atoms with Crippen molar-refractivity contribution in [1.29, 1.82) is 0 Å². The van der Waals surface area contributed by atoms with Gasteiger partial charge in [-0.25, -0.2) is 12.7 Å². The van der Waals surface area contributed by atoms with Crippen LogP contribution in [-0.4, -0.2) is 57.4 Å². The standard InChI is InChI=1S/C14H30N2O3S/c1-13(2)15-9-5-7-11-20(17,18)16(3)12-14-8-4-6-10-19-14/h13-15H,4-12H2,1-3H3. The van der Waals surface area contributed by atoms with Crippen LogP contribution in [-0.2, 0) is 14.8 Å². The first-order valence-corrected chi connectivity index (χ1v) is 9.31. The van der Waals surface area contributed by atoms with Gasteiger partial charge in [0, 0.05) is 26.2 Å². The number of nitrogens with zero attached hydrogens (tertiary/aromatic N) is 1. The SMILES string of the molecule is CC(C)NCCCCS(=O)(=O)N(C)CC1CCCCO1. The van der Waals surface area contributed by atoms with Crippen LogP contribution in [0.1, 0.15) is 46.0 Å². The van der Waals surface area contributed by atoms with Crippen molar-refractivity contribution in [3.8, 4) is 0 Å². The molecule has 0 aromatic rings. The number of hydrogen-bond acceptors (Lipinski definition) is 4. The van der Waals surface area contributed by atoms with E-state index in [4.69, 9.17) is 4.74 Å². The first kappa shape index (κ1) is 17.9. The predicted octanol–water partition coefficient (Wildman–Crippen LogP) is 1.60. The van der Waals surface area contributed by atoms with Gasteiger partial charge in [0.2, 0.25) is 10.0 Å². The van der Waals surface area contributed by atoms with Crippen LogP contribution in [0.3, 0.4) is 0 Å². The molecule has 1 fully saturated rings. The van der Waals surface area contributed by atoms with Crippen molar-refractivity contribution in [3.05, 3.63) is 0 Å². The summed E-state index contributed by atoms with van der Waals surface area (Å²) < 4.78 is 31.4. The molecular weight excluding hydrogens is 276 g/mol. The van der Waals surface area contributed by atoms with Crippen molar-refractivity contribution in [2.45, 2.75) is 58.1 Å². The summed E-state index contributed by atoms with van der Waals surface area (Å²) in [7, 11) is -1.47. The Morgan fingerprint density at radius 3 is 2.65 bits per heavy atom. The molecule has 0 bridgehead atoms. The van der Waals surface area contributed by atoms with Crippen LogP contribution in [0.25, 0.3) is 0 Å². The highest BCUT2D eigenvalue weighted by atomic mass is 32.2. The first-order chi connectivity index (χ1) is 9.42. The summed E-state index contributed by atoms with van der Waals surface area (Å²) >= 11 is 0. The van der Waals surface area contributed by atoms with Gasteiger partial charge in [0.05, 0.1) is 11.9 Å². The summed E-state index contributed by atoms with van der Waals surface area (Å²) in [5.41, 5.74) is 0. The van der Waals surface area contributed by atoms with E-state index in [-0.39, 0.29) is 11.9 Å². The van der Waals surface area contributed by atoms with Gasteiger partial charge >= 0.3 is 0 Å². The Kier molecular flexibility index (Phi) is 8.02. The lowest BCUT2D eigenvalue weighted by Gasteiger charge is -2.27. The van der Waals surface area contributed by atoms with Crippen LogP contribution in [0, 0.1) is 0 Å². The van der Waals surface area contributed by atoms with Crippen molar-refractivity contribution >= 4 is 10.0 Å². The second-order valence-corrected chi connectivity index (χ2v) is 8.10. The number of nitrogens with one attached hydrogen (secondary N) is 1.